The van der Waals surface area contributed by atoms with E-state index in [4.69, 9.17) is 5.26 Å². The zero-order chi connectivity index (χ0) is 11.6. The van der Waals surface area contributed by atoms with Gasteiger partial charge in [0, 0.05) is 0 Å². The molecule has 0 aliphatic rings. The molecule has 0 N–H and O–H groups in total. The molecule has 0 radical (unpaired) electrons. The fraction of sp³-hybridized carbons (Fsp3) is 0.500. The summed E-state index contributed by atoms with van der Waals surface area (Å²) in [6.07, 6.45) is 0. The van der Waals surface area contributed by atoms with E-state index < -0.39 is 0 Å². The summed E-state index contributed by atoms with van der Waals surface area (Å²) < 4.78 is 0. The second kappa shape index (κ2) is 4.49. The fourth-order valence-electron chi connectivity index (χ4n) is 2.14. The highest BCUT2D eigenvalue weighted by Crippen LogP contribution is 2.30. The molecule has 15 heavy (non-hydrogen) atoms. The summed E-state index contributed by atoms with van der Waals surface area (Å²) in [6, 6.07) is 6.30. The summed E-state index contributed by atoms with van der Waals surface area (Å²) in [5.41, 5.74) is 4.69. The summed E-state index contributed by atoms with van der Waals surface area (Å²) in [6.45, 7) is 10.8. The average Bonchev–Trinajstić information content (AvgIpc) is 2.16. The van der Waals surface area contributed by atoms with Gasteiger partial charge in [-0.2, -0.15) is 5.26 Å². The van der Waals surface area contributed by atoms with Gasteiger partial charge >= 0.3 is 0 Å². The molecule has 1 rings (SSSR count). The van der Waals surface area contributed by atoms with Gasteiger partial charge in [-0.25, -0.2) is 0 Å². The molecule has 1 heteroatoms. The van der Waals surface area contributed by atoms with Gasteiger partial charge in [-0.1, -0.05) is 33.8 Å². The molecule has 0 aromatic heterocycles. The van der Waals surface area contributed by atoms with E-state index in [1.54, 1.807) is 0 Å². The molecule has 0 saturated heterocycles. The second-order valence-electron chi connectivity index (χ2n) is 4.66. The zero-order valence-corrected chi connectivity index (χ0v) is 10.3. The van der Waals surface area contributed by atoms with Crippen molar-refractivity contribution >= 4 is 0 Å². The molecule has 0 amide bonds. The van der Waals surface area contributed by atoms with Crippen LogP contribution in [0.5, 0.6) is 0 Å². The Bertz CT molecular complexity index is 395. The maximum Gasteiger partial charge on any atom is 0.0994 e. The minimum absolute atomic E-state index is 0.482. The molecule has 1 aromatic rings. The van der Waals surface area contributed by atoms with Crippen LogP contribution in [0.3, 0.4) is 0 Å². The molecule has 0 aliphatic carbocycles. The van der Waals surface area contributed by atoms with Crippen molar-refractivity contribution in [2.45, 2.75) is 46.5 Å². The molecule has 0 saturated carbocycles. The first-order valence-corrected chi connectivity index (χ1v) is 5.52. The highest BCUT2D eigenvalue weighted by Gasteiger charge is 2.14. The Labute approximate surface area is 92.7 Å². The maximum atomic E-state index is 9.00. The molecule has 0 heterocycles. The van der Waals surface area contributed by atoms with Gasteiger partial charge in [-0.3, -0.25) is 0 Å². The molecular weight excluding hydrogens is 182 g/mol. The van der Waals surface area contributed by atoms with Crippen LogP contribution in [-0.2, 0) is 0 Å². The lowest BCUT2D eigenvalue weighted by Gasteiger charge is -2.19. The van der Waals surface area contributed by atoms with Crippen LogP contribution in [0.15, 0.2) is 12.1 Å². The van der Waals surface area contributed by atoms with Gasteiger partial charge in [0.15, 0.2) is 0 Å². The fourth-order valence-corrected chi connectivity index (χ4v) is 2.14. The Kier molecular flexibility index (Phi) is 3.52. The molecule has 80 valence electrons. The Morgan fingerprint density at radius 1 is 1.07 bits per heavy atom. The van der Waals surface area contributed by atoms with E-state index in [9.17, 15) is 0 Å². The minimum atomic E-state index is 0.482. The van der Waals surface area contributed by atoms with E-state index in [0.29, 0.717) is 11.8 Å². The second-order valence-corrected chi connectivity index (χ2v) is 4.66. The predicted octanol–water partition coefficient (Wildman–Crippen LogP) is 4.11. The molecule has 1 nitrogen and oxygen atoms in total. The zero-order valence-electron chi connectivity index (χ0n) is 10.3. The third kappa shape index (κ3) is 2.21. The van der Waals surface area contributed by atoms with Gasteiger partial charge < -0.3 is 0 Å². The van der Waals surface area contributed by atoms with E-state index in [0.717, 1.165) is 11.1 Å². The summed E-state index contributed by atoms with van der Waals surface area (Å²) >= 11 is 0. The predicted molar refractivity (Wildman–Crippen MR) is 64.1 cm³/mol. The smallest absolute Gasteiger partial charge is 0.0994 e. The SMILES string of the molecule is Cc1c(C#N)ccc(C(C)C)c1C(C)C. The normalized spacial score (nSPS) is 10.8. The molecule has 0 atom stereocenters. The maximum absolute atomic E-state index is 9.00. The monoisotopic (exact) mass is 201 g/mol. The Balaban J connectivity index is 3.46. The molecule has 0 aliphatic heterocycles. The quantitative estimate of drug-likeness (QED) is 0.706. The van der Waals surface area contributed by atoms with Gasteiger partial charge in [0.05, 0.1) is 11.6 Å². The van der Waals surface area contributed by atoms with Crippen LogP contribution in [0.25, 0.3) is 0 Å². The van der Waals surface area contributed by atoms with Crippen molar-refractivity contribution in [3.63, 3.8) is 0 Å². The number of hydrogen-bond acceptors (Lipinski definition) is 1. The summed E-state index contributed by atoms with van der Waals surface area (Å²) in [7, 11) is 0. The van der Waals surface area contributed by atoms with Crippen molar-refractivity contribution < 1.29 is 0 Å². The number of rotatable bonds is 2. The topological polar surface area (TPSA) is 23.8 Å². The van der Waals surface area contributed by atoms with Crippen LogP contribution in [0.1, 0.15) is 61.8 Å². The molecule has 1 aromatic carbocycles. The van der Waals surface area contributed by atoms with Crippen LogP contribution < -0.4 is 0 Å². The van der Waals surface area contributed by atoms with Gasteiger partial charge in [0.1, 0.15) is 0 Å². The van der Waals surface area contributed by atoms with Gasteiger partial charge in [0.2, 0.25) is 0 Å². The van der Waals surface area contributed by atoms with Crippen molar-refractivity contribution in [3.05, 3.63) is 34.4 Å². The molecule has 0 unspecified atom stereocenters. The Hall–Kier alpha value is -1.29. The minimum Gasteiger partial charge on any atom is -0.192 e. The van der Waals surface area contributed by atoms with Gasteiger partial charge in [0.25, 0.3) is 0 Å². The lowest BCUT2D eigenvalue weighted by Crippen LogP contribution is -2.03. The largest absolute Gasteiger partial charge is 0.192 e. The molecule has 0 bridgehead atoms. The number of hydrogen-bond donors (Lipinski definition) is 0. The Morgan fingerprint density at radius 3 is 2.07 bits per heavy atom. The average molecular weight is 201 g/mol. The Morgan fingerprint density at radius 2 is 1.67 bits per heavy atom. The highest BCUT2D eigenvalue weighted by molar-refractivity contribution is 5.48. The highest BCUT2D eigenvalue weighted by atomic mass is 14.3. The van der Waals surface area contributed by atoms with Crippen molar-refractivity contribution in [3.8, 4) is 6.07 Å². The van der Waals surface area contributed by atoms with Crippen LogP contribution in [0.4, 0.5) is 0 Å². The van der Waals surface area contributed by atoms with Crippen LogP contribution in [-0.4, -0.2) is 0 Å². The van der Waals surface area contributed by atoms with E-state index in [-0.39, 0.29) is 0 Å². The van der Waals surface area contributed by atoms with E-state index in [2.05, 4.69) is 46.8 Å². The summed E-state index contributed by atoms with van der Waals surface area (Å²) in [4.78, 5) is 0. The summed E-state index contributed by atoms with van der Waals surface area (Å²) in [5, 5.41) is 9.00. The lowest BCUT2D eigenvalue weighted by atomic mass is 9.85. The van der Waals surface area contributed by atoms with Crippen LogP contribution in [0, 0.1) is 18.3 Å². The number of benzene rings is 1. The first kappa shape index (κ1) is 11.8. The van der Waals surface area contributed by atoms with Crippen molar-refractivity contribution in [2.24, 2.45) is 0 Å². The lowest BCUT2D eigenvalue weighted by molar-refractivity contribution is 0.782. The standard InChI is InChI=1S/C14H19N/c1-9(2)13-7-6-12(8-15)11(5)14(13)10(3)4/h6-7,9-10H,1-5H3. The first-order chi connectivity index (χ1) is 6.99. The van der Waals surface area contributed by atoms with Crippen LogP contribution in [0.2, 0.25) is 0 Å². The molecule has 0 fully saturated rings. The first-order valence-electron chi connectivity index (χ1n) is 5.52. The summed E-state index contributed by atoms with van der Waals surface area (Å²) in [5.74, 6) is 1.00. The third-order valence-electron chi connectivity index (χ3n) is 2.87. The van der Waals surface area contributed by atoms with E-state index in [1.165, 1.54) is 11.1 Å². The van der Waals surface area contributed by atoms with Crippen molar-refractivity contribution in [2.75, 3.05) is 0 Å². The van der Waals surface area contributed by atoms with E-state index in [1.807, 2.05) is 6.07 Å². The molecular formula is C14H19N. The van der Waals surface area contributed by atoms with Gasteiger partial charge in [-0.05, 0) is 41.5 Å². The van der Waals surface area contributed by atoms with Crippen LogP contribution >= 0.6 is 0 Å². The molecule has 0 spiro atoms. The van der Waals surface area contributed by atoms with Crippen molar-refractivity contribution in [1.29, 1.82) is 5.26 Å². The van der Waals surface area contributed by atoms with E-state index >= 15 is 0 Å². The number of nitrogens with zero attached hydrogens (tertiary/aromatic N) is 1. The third-order valence-corrected chi connectivity index (χ3v) is 2.87. The van der Waals surface area contributed by atoms with Gasteiger partial charge in [-0.15, -0.1) is 0 Å². The van der Waals surface area contributed by atoms with Crippen molar-refractivity contribution in [1.82, 2.24) is 0 Å². The number of nitriles is 1.